The zero-order valence-electron chi connectivity index (χ0n) is 11.3. The summed E-state index contributed by atoms with van der Waals surface area (Å²) in [4.78, 5) is 0. The lowest BCUT2D eigenvalue weighted by Gasteiger charge is -2.05. The van der Waals surface area contributed by atoms with Gasteiger partial charge >= 0.3 is 0 Å². The van der Waals surface area contributed by atoms with Crippen LogP contribution in [0.3, 0.4) is 0 Å². The van der Waals surface area contributed by atoms with Crippen LogP contribution in [0.2, 0.25) is 0 Å². The van der Waals surface area contributed by atoms with Crippen LogP contribution in [0.1, 0.15) is 17.0 Å². The standard InChI is InChI=1S/C15H14N2O3/c1-10-8-14(17-19-10)15-13(11(2)16-20-15)9-18-12-6-4-3-5-7-12/h3-8H,9H2,1-2H3. The number of hydrogen-bond donors (Lipinski definition) is 0. The van der Waals surface area contributed by atoms with E-state index in [1.807, 2.05) is 50.2 Å². The van der Waals surface area contributed by atoms with E-state index >= 15 is 0 Å². The average Bonchev–Trinajstić information content (AvgIpc) is 3.04. The number of aromatic nitrogens is 2. The van der Waals surface area contributed by atoms with E-state index in [-0.39, 0.29) is 0 Å². The number of hydrogen-bond acceptors (Lipinski definition) is 5. The molecule has 0 aliphatic heterocycles. The van der Waals surface area contributed by atoms with Gasteiger partial charge in [0.1, 0.15) is 18.1 Å². The molecule has 2 aromatic heterocycles. The summed E-state index contributed by atoms with van der Waals surface area (Å²) in [6.07, 6.45) is 0. The fourth-order valence-electron chi connectivity index (χ4n) is 1.91. The summed E-state index contributed by atoms with van der Waals surface area (Å²) in [6.45, 7) is 4.09. The third kappa shape index (κ3) is 2.42. The van der Waals surface area contributed by atoms with Crippen molar-refractivity contribution in [3.8, 4) is 17.2 Å². The summed E-state index contributed by atoms with van der Waals surface area (Å²) >= 11 is 0. The van der Waals surface area contributed by atoms with Crippen LogP contribution in [0.4, 0.5) is 0 Å². The summed E-state index contributed by atoms with van der Waals surface area (Å²) in [5.41, 5.74) is 2.30. The maximum absolute atomic E-state index is 5.74. The second kappa shape index (κ2) is 5.21. The van der Waals surface area contributed by atoms with Gasteiger partial charge in [-0.1, -0.05) is 28.5 Å². The van der Waals surface area contributed by atoms with E-state index < -0.39 is 0 Å². The highest BCUT2D eigenvalue weighted by atomic mass is 16.5. The van der Waals surface area contributed by atoms with Crippen LogP contribution in [0.5, 0.6) is 5.75 Å². The van der Waals surface area contributed by atoms with Crippen LogP contribution in [0.25, 0.3) is 11.5 Å². The van der Waals surface area contributed by atoms with E-state index in [0.29, 0.717) is 18.1 Å². The van der Waals surface area contributed by atoms with Crippen molar-refractivity contribution in [2.75, 3.05) is 0 Å². The number of aryl methyl sites for hydroxylation is 2. The Morgan fingerprint density at radius 1 is 1.05 bits per heavy atom. The van der Waals surface area contributed by atoms with Crippen LogP contribution in [-0.4, -0.2) is 10.3 Å². The van der Waals surface area contributed by atoms with Crippen molar-refractivity contribution in [2.24, 2.45) is 0 Å². The predicted octanol–water partition coefficient (Wildman–Crippen LogP) is 3.53. The van der Waals surface area contributed by atoms with E-state index in [9.17, 15) is 0 Å². The van der Waals surface area contributed by atoms with Crippen molar-refractivity contribution in [1.82, 2.24) is 10.3 Å². The highest BCUT2D eigenvalue weighted by Crippen LogP contribution is 2.27. The molecule has 20 heavy (non-hydrogen) atoms. The average molecular weight is 270 g/mol. The number of rotatable bonds is 4. The Hall–Kier alpha value is -2.56. The third-order valence-corrected chi connectivity index (χ3v) is 2.97. The largest absolute Gasteiger partial charge is 0.489 e. The van der Waals surface area contributed by atoms with Gasteiger partial charge in [0.2, 0.25) is 0 Å². The molecule has 3 aromatic rings. The van der Waals surface area contributed by atoms with Crippen LogP contribution in [0, 0.1) is 13.8 Å². The Labute approximate surface area is 116 Å². The molecule has 5 nitrogen and oxygen atoms in total. The van der Waals surface area contributed by atoms with Gasteiger partial charge in [-0.25, -0.2) is 0 Å². The van der Waals surface area contributed by atoms with Crippen molar-refractivity contribution in [3.05, 3.63) is 53.4 Å². The smallest absolute Gasteiger partial charge is 0.195 e. The van der Waals surface area contributed by atoms with Crippen molar-refractivity contribution in [2.45, 2.75) is 20.5 Å². The van der Waals surface area contributed by atoms with Crippen molar-refractivity contribution in [1.29, 1.82) is 0 Å². The topological polar surface area (TPSA) is 61.3 Å². The molecule has 0 spiro atoms. The van der Waals surface area contributed by atoms with Crippen LogP contribution in [-0.2, 0) is 6.61 Å². The van der Waals surface area contributed by atoms with Crippen molar-refractivity contribution < 1.29 is 13.8 Å². The van der Waals surface area contributed by atoms with Crippen LogP contribution < -0.4 is 4.74 Å². The molecule has 0 bridgehead atoms. The Morgan fingerprint density at radius 3 is 2.55 bits per heavy atom. The summed E-state index contributed by atoms with van der Waals surface area (Å²) in [5, 5.41) is 7.93. The van der Waals surface area contributed by atoms with Gasteiger partial charge in [-0.05, 0) is 26.0 Å². The number of ether oxygens (including phenoxy) is 1. The number of para-hydroxylation sites is 1. The highest BCUT2D eigenvalue weighted by Gasteiger charge is 2.18. The highest BCUT2D eigenvalue weighted by molar-refractivity contribution is 5.57. The molecule has 0 aliphatic carbocycles. The van der Waals surface area contributed by atoms with Gasteiger partial charge in [-0.2, -0.15) is 0 Å². The second-order valence-electron chi connectivity index (χ2n) is 4.50. The molecule has 0 atom stereocenters. The van der Waals surface area contributed by atoms with E-state index in [0.717, 1.165) is 22.8 Å². The van der Waals surface area contributed by atoms with E-state index in [4.69, 9.17) is 13.8 Å². The molecule has 0 amide bonds. The second-order valence-corrected chi connectivity index (χ2v) is 4.50. The monoisotopic (exact) mass is 270 g/mol. The maximum Gasteiger partial charge on any atom is 0.195 e. The van der Waals surface area contributed by atoms with Crippen molar-refractivity contribution in [3.63, 3.8) is 0 Å². The van der Waals surface area contributed by atoms with Gasteiger partial charge in [-0.3, -0.25) is 0 Å². The number of benzene rings is 1. The molecule has 0 fully saturated rings. The van der Waals surface area contributed by atoms with E-state index in [2.05, 4.69) is 10.3 Å². The quantitative estimate of drug-likeness (QED) is 0.725. The Balaban J connectivity index is 1.84. The molecule has 0 saturated heterocycles. The first-order valence-corrected chi connectivity index (χ1v) is 6.30. The van der Waals surface area contributed by atoms with Gasteiger partial charge in [-0.15, -0.1) is 0 Å². The maximum atomic E-state index is 5.74. The lowest BCUT2D eigenvalue weighted by atomic mass is 10.1. The van der Waals surface area contributed by atoms with Gasteiger partial charge in [0.05, 0.1) is 11.3 Å². The summed E-state index contributed by atoms with van der Waals surface area (Å²) in [7, 11) is 0. The molecule has 3 rings (SSSR count). The number of nitrogens with zero attached hydrogens (tertiary/aromatic N) is 2. The molecule has 1 aromatic carbocycles. The molecular weight excluding hydrogens is 256 g/mol. The van der Waals surface area contributed by atoms with E-state index in [1.165, 1.54) is 0 Å². The molecule has 5 heteroatoms. The van der Waals surface area contributed by atoms with Gasteiger partial charge in [0, 0.05) is 6.07 Å². The zero-order chi connectivity index (χ0) is 13.9. The SMILES string of the molecule is Cc1cc(-c2onc(C)c2COc2ccccc2)no1. The zero-order valence-corrected chi connectivity index (χ0v) is 11.3. The molecular formula is C15H14N2O3. The predicted molar refractivity (Wildman–Crippen MR) is 72.2 cm³/mol. The molecule has 0 radical (unpaired) electrons. The minimum atomic E-state index is 0.376. The minimum Gasteiger partial charge on any atom is -0.489 e. The van der Waals surface area contributed by atoms with Crippen molar-refractivity contribution >= 4 is 0 Å². The van der Waals surface area contributed by atoms with Crippen LogP contribution >= 0.6 is 0 Å². The molecule has 0 unspecified atom stereocenters. The van der Waals surface area contributed by atoms with Gasteiger partial charge < -0.3 is 13.8 Å². The first kappa shape index (κ1) is 12.5. The van der Waals surface area contributed by atoms with E-state index in [1.54, 1.807) is 0 Å². The Morgan fingerprint density at radius 2 is 1.85 bits per heavy atom. The summed E-state index contributed by atoms with van der Waals surface area (Å²) in [6, 6.07) is 11.4. The molecule has 2 heterocycles. The minimum absolute atomic E-state index is 0.376. The first-order valence-electron chi connectivity index (χ1n) is 6.30. The lowest BCUT2D eigenvalue weighted by Crippen LogP contribution is -1.97. The Bertz CT molecular complexity index is 701. The van der Waals surface area contributed by atoms with Crippen LogP contribution in [0.15, 0.2) is 45.4 Å². The molecule has 0 N–H and O–H groups in total. The Kier molecular flexibility index (Phi) is 3.25. The summed E-state index contributed by atoms with van der Waals surface area (Å²) < 4.78 is 16.1. The molecule has 102 valence electrons. The summed E-state index contributed by atoms with van der Waals surface area (Å²) in [5.74, 6) is 2.12. The first-order chi connectivity index (χ1) is 9.74. The fraction of sp³-hybridized carbons (Fsp3) is 0.200. The fourth-order valence-corrected chi connectivity index (χ4v) is 1.91. The normalized spacial score (nSPS) is 10.7. The third-order valence-electron chi connectivity index (χ3n) is 2.97. The molecule has 0 saturated carbocycles. The van der Waals surface area contributed by atoms with Gasteiger partial charge in [0.25, 0.3) is 0 Å². The van der Waals surface area contributed by atoms with Gasteiger partial charge in [0.15, 0.2) is 11.5 Å². The lowest BCUT2D eigenvalue weighted by molar-refractivity contribution is 0.304. The molecule has 0 aliphatic rings.